The summed E-state index contributed by atoms with van der Waals surface area (Å²) in [5.41, 5.74) is 0.553. The van der Waals surface area contributed by atoms with Crippen LogP contribution in [0.1, 0.15) is 21.0 Å². The maximum atomic E-state index is 12.8. The molecule has 0 saturated heterocycles. The molecule has 0 bridgehead atoms. The summed E-state index contributed by atoms with van der Waals surface area (Å²) < 4.78 is 6.16. The molecule has 0 aliphatic heterocycles. The second-order valence-electron chi connectivity index (χ2n) is 4.71. The van der Waals surface area contributed by atoms with Crippen molar-refractivity contribution in [2.75, 3.05) is 0 Å². The molecular weight excluding hydrogens is 364 g/mol. The molecule has 6 heteroatoms. The summed E-state index contributed by atoms with van der Waals surface area (Å²) >= 11 is 4.98. The molecule has 22 heavy (non-hydrogen) atoms. The Morgan fingerprint density at radius 2 is 2.18 bits per heavy atom. The van der Waals surface area contributed by atoms with Crippen molar-refractivity contribution < 1.29 is 9.21 Å². The van der Waals surface area contributed by atoms with E-state index in [-0.39, 0.29) is 5.91 Å². The number of hydrogen-bond donors (Lipinski definition) is 0. The van der Waals surface area contributed by atoms with Gasteiger partial charge in [0.25, 0.3) is 5.91 Å². The van der Waals surface area contributed by atoms with E-state index in [0.29, 0.717) is 18.7 Å². The van der Waals surface area contributed by atoms with Crippen molar-refractivity contribution in [1.29, 1.82) is 0 Å². The van der Waals surface area contributed by atoms with Crippen LogP contribution < -0.4 is 0 Å². The van der Waals surface area contributed by atoms with Crippen LogP contribution in [0.15, 0.2) is 63.3 Å². The Balaban J connectivity index is 1.85. The summed E-state index contributed by atoms with van der Waals surface area (Å²) in [4.78, 5) is 19.7. The minimum Gasteiger partial charge on any atom is -0.467 e. The van der Waals surface area contributed by atoms with Crippen LogP contribution in [0.4, 0.5) is 0 Å². The van der Waals surface area contributed by atoms with Crippen molar-refractivity contribution in [3.8, 4) is 0 Å². The van der Waals surface area contributed by atoms with E-state index < -0.39 is 0 Å². The second kappa shape index (κ2) is 6.89. The summed E-state index contributed by atoms with van der Waals surface area (Å²) in [6.07, 6.45) is 4.85. The summed E-state index contributed by atoms with van der Waals surface area (Å²) in [7, 11) is 0. The molecule has 0 aromatic carbocycles. The smallest absolute Gasteiger partial charge is 0.256 e. The molecule has 0 fully saturated rings. The van der Waals surface area contributed by atoms with Gasteiger partial charge in [0.05, 0.1) is 24.9 Å². The largest absolute Gasteiger partial charge is 0.467 e. The zero-order chi connectivity index (χ0) is 15.4. The van der Waals surface area contributed by atoms with E-state index in [4.69, 9.17) is 4.42 Å². The lowest BCUT2D eigenvalue weighted by Crippen LogP contribution is -2.29. The van der Waals surface area contributed by atoms with Gasteiger partial charge in [-0.1, -0.05) is 6.07 Å². The highest BCUT2D eigenvalue weighted by Gasteiger charge is 2.18. The molecule has 0 unspecified atom stereocenters. The monoisotopic (exact) mass is 376 g/mol. The summed E-state index contributed by atoms with van der Waals surface area (Å²) in [6.45, 7) is 0.972. The predicted octanol–water partition coefficient (Wildman–Crippen LogP) is 4.34. The summed E-state index contributed by atoms with van der Waals surface area (Å²) in [6, 6.07) is 9.47. The first-order valence-electron chi connectivity index (χ1n) is 6.67. The number of aromatic nitrogens is 1. The maximum absolute atomic E-state index is 12.8. The molecule has 0 atom stereocenters. The van der Waals surface area contributed by atoms with Gasteiger partial charge < -0.3 is 9.32 Å². The van der Waals surface area contributed by atoms with Crippen molar-refractivity contribution in [2.45, 2.75) is 13.1 Å². The van der Waals surface area contributed by atoms with Crippen LogP contribution >= 0.6 is 27.3 Å². The molecule has 112 valence electrons. The number of furan rings is 1. The van der Waals surface area contributed by atoms with Gasteiger partial charge in [-0.15, -0.1) is 11.3 Å². The molecule has 0 spiro atoms. The number of carbonyl (C=O) groups is 1. The van der Waals surface area contributed by atoms with Crippen molar-refractivity contribution in [2.24, 2.45) is 0 Å². The van der Waals surface area contributed by atoms with E-state index in [0.717, 1.165) is 15.1 Å². The highest BCUT2D eigenvalue weighted by molar-refractivity contribution is 9.10. The molecule has 3 aromatic heterocycles. The van der Waals surface area contributed by atoms with Crippen molar-refractivity contribution >= 4 is 33.2 Å². The third kappa shape index (κ3) is 3.64. The van der Waals surface area contributed by atoms with Gasteiger partial charge in [-0.05, 0) is 45.6 Å². The van der Waals surface area contributed by atoms with Crippen LogP contribution in [0.5, 0.6) is 0 Å². The number of hydrogen-bond acceptors (Lipinski definition) is 4. The number of halogens is 1. The Hall–Kier alpha value is -1.92. The van der Waals surface area contributed by atoms with E-state index in [1.54, 1.807) is 41.0 Å². The minimum atomic E-state index is -0.0707. The number of carbonyl (C=O) groups excluding carboxylic acids is 1. The number of amides is 1. The standard InChI is InChI=1S/C16H13BrN2O2S/c17-13-7-12(8-18-9-13)16(20)19(10-14-3-1-5-21-14)11-15-4-2-6-22-15/h1-9H,10-11H2. The molecular formula is C16H13BrN2O2S. The first-order valence-corrected chi connectivity index (χ1v) is 8.34. The third-order valence-corrected chi connectivity index (χ3v) is 4.39. The molecule has 0 saturated carbocycles. The lowest BCUT2D eigenvalue weighted by Gasteiger charge is -2.21. The molecule has 1 amide bonds. The van der Waals surface area contributed by atoms with Crippen LogP contribution in [-0.4, -0.2) is 15.8 Å². The molecule has 0 N–H and O–H groups in total. The van der Waals surface area contributed by atoms with Crippen molar-refractivity contribution in [3.63, 3.8) is 0 Å². The number of nitrogens with zero attached hydrogens (tertiary/aromatic N) is 2. The Morgan fingerprint density at radius 1 is 1.27 bits per heavy atom. The summed E-state index contributed by atoms with van der Waals surface area (Å²) in [5, 5.41) is 2.01. The molecule has 3 heterocycles. The van der Waals surface area contributed by atoms with E-state index in [1.807, 2.05) is 29.6 Å². The Labute approximate surface area is 140 Å². The SMILES string of the molecule is O=C(c1cncc(Br)c1)N(Cc1ccco1)Cc1cccs1. The normalized spacial score (nSPS) is 10.6. The van der Waals surface area contributed by atoms with Gasteiger partial charge in [-0.3, -0.25) is 9.78 Å². The van der Waals surface area contributed by atoms with E-state index in [2.05, 4.69) is 20.9 Å². The van der Waals surface area contributed by atoms with E-state index >= 15 is 0 Å². The highest BCUT2D eigenvalue weighted by atomic mass is 79.9. The van der Waals surface area contributed by atoms with Crippen LogP contribution in [0.25, 0.3) is 0 Å². The van der Waals surface area contributed by atoms with Gasteiger partial charge in [-0.2, -0.15) is 0 Å². The lowest BCUT2D eigenvalue weighted by molar-refractivity contribution is 0.0719. The predicted molar refractivity (Wildman–Crippen MR) is 88.5 cm³/mol. The fraction of sp³-hybridized carbons (Fsp3) is 0.125. The Morgan fingerprint density at radius 3 is 2.86 bits per heavy atom. The third-order valence-electron chi connectivity index (χ3n) is 3.09. The molecule has 4 nitrogen and oxygen atoms in total. The zero-order valence-electron chi connectivity index (χ0n) is 11.6. The van der Waals surface area contributed by atoms with Crippen LogP contribution in [0, 0.1) is 0 Å². The number of rotatable bonds is 5. The summed E-state index contributed by atoms with van der Waals surface area (Å²) in [5.74, 6) is 0.687. The molecule has 0 radical (unpaired) electrons. The fourth-order valence-electron chi connectivity index (χ4n) is 2.09. The first-order chi connectivity index (χ1) is 10.7. The van der Waals surface area contributed by atoms with Crippen LogP contribution in [0.2, 0.25) is 0 Å². The van der Waals surface area contributed by atoms with Gasteiger partial charge in [0, 0.05) is 21.7 Å². The fourth-order valence-corrected chi connectivity index (χ4v) is 3.18. The second-order valence-corrected chi connectivity index (χ2v) is 6.66. The van der Waals surface area contributed by atoms with Crippen molar-refractivity contribution in [3.05, 3.63) is 75.0 Å². The topological polar surface area (TPSA) is 46.3 Å². The van der Waals surface area contributed by atoms with Crippen LogP contribution in [0.3, 0.4) is 0 Å². The minimum absolute atomic E-state index is 0.0707. The molecule has 3 aromatic rings. The van der Waals surface area contributed by atoms with Gasteiger partial charge >= 0.3 is 0 Å². The van der Waals surface area contributed by atoms with E-state index in [9.17, 15) is 4.79 Å². The molecule has 3 rings (SSSR count). The number of thiophene rings is 1. The Kier molecular flexibility index (Phi) is 4.70. The zero-order valence-corrected chi connectivity index (χ0v) is 14.0. The maximum Gasteiger partial charge on any atom is 0.256 e. The molecule has 0 aliphatic carbocycles. The van der Waals surface area contributed by atoms with Gasteiger partial charge in [0.1, 0.15) is 5.76 Å². The number of pyridine rings is 1. The first kappa shape index (κ1) is 15.0. The van der Waals surface area contributed by atoms with Crippen molar-refractivity contribution in [1.82, 2.24) is 9.88 Å². The highest BCUT2D eigenvalue weighted by Crippen LogP contribution is 2.18. The van der Waals surface area contributed by atoms with E-state index in [1.165, 1.54) is 0 Å². The Bertz CT molecular complexity index is 705. The van der Waals surface area contributed by atoms with Gasteiger partial charge in [-0.25, -0.2) is 0 Å². The molecule has 0 aliphatic rings. The quantitative estimate of drug-likeness (QED) is 0.665. The average Bonchev–Trinajstić information content (AvgIpc) is 3.19. The van der Waals surface area contributed by atoms with Crippen LogP contribution in [-0.2, 0) is 13.1 Å². The lowest BCUT2D eigenvalue weighted by atomic mass is 10.2. The van der Waals surface area contributed by atoms with Gasteiger partial charge in [0.2, 0.25) is 0 Å². The average molecular weight is 377 g/mol. The van der Waals surface area contributed by atoms with Gasteiger partial charge in [0.15, 0.2) is 0 Å².